The van der Waals surface area contributed by atoms with E-state index in [0.29, 0.717) is 29.4 Å². The molecule has 1 N–H and O–H groups in total. The highest BCUT2D eigenvalue weighted by Crippen LogP contribution is 2.29. The molecule has 1 atom stereocenters. The van der Waals surface area contributed by atoms with Gasteiger partial charge in [-0.15, -0.1) is 0 Å². The van der Waals surface area contributed by atoms with Crippen molar-refractivity contribution in [1.29, 1.82) is 0 Å². The maximum Gasteiger partial charge on any atom is 0.243 e. The smallest absolute Gasteiger partial charge is 0.243 e. The van der Waals surface area contributed by atoms with E-state index in [-0.39, 0.29) is 11.9 Å². The van der Waals surface area contributed by atoms with Crippen LogP contribution >= 0.6 is 23.2 Å². The zero-order valence-corrected chi connectivity index (χ0v) is 19.3. The number of amides is 1. The highest BCUT2D eigenvalue weighted by Gasteiger charge is 2.25. The number of imidazole rings is 1. The van der Waals surface area contributed by atoms with Crippen molar-refractivity contribution in [1.82, 2.24) is 19.9 Å². The first-order valence-corrected chi connectivity index (χ1v) is 11.4. The van der Waals surface area contributed by atoms with Crippen LogP contribution in [0.15, 0.2) is 67.0 Å². The lowest BCUT2D eigenvalue weighted by molar-refractivity contribution is -0.124. The van der Waals surface area contributed by atoms with Crippen LogP contribution in [0.5, 0.6) is 0 Å². The summed E-state index contributed by atoms with van der Waals surface area (Å²) < 4.78 is 2.06. The molecule has 32 heavy (non-hydrogen) atoms. The van der Waals surface area contributed by atoms with Gasteiger partial charge in [0.25, 0.3) is 0 Å². The van der Waals surface area contributed by atoms with Gasteiger partial charge in [0.15, 0.2) is 0 Å². The number of nitrogens with one attached hydrogen (secondary N) is 1. The van der Waals surface area contributed by atoms with Gasteiger partial charge in [-0.25, -0.2) is 4.98 Å². The highest BCUT2D eigenvalue weighted by atomic mass is 35.5. The van der Waals surface area contributed by atoms with Crippen molar-refractivity contribution in [2.24, 2.45) is 0 Å². The third kappa shape index (κ3) is 4.95. The molecule has 0 spiro atoms. The van der Waals surface area contributed by atoms with E-state index >= 15 is 0 Å². The van der Waals surface area contributed by atoms with Crippen molar-refractivity contribution in [2.45, 2.75) is 38.8 Å². The molecule has 2 aromatic carbocycles. The number of rotatable bonds is 8. The average molecular weight is 467 g/mol. The Morgan fingerprint density at radius 2 is 1.88 bits per heavy atom. The molecule has 0 aliphatic carbocycles. The maximum absolute atomic E-state index is 13.3. The number of pyridine rings is 1. The lowest BCUT2D eigenvalue weighted by Crippen LogP contribution is -2.33. The molecule has 0 aliphatic rings. The van der Waals surface area contributed by atoms with E-state index in [1.165, 1.54) is 0 Å². The number of hydrogen-bond acceptors (Lipinski definition) is 3. The van der Waals surface area contributed by atoms with Gasteiger partial charge in [-0.3, -0.25) is 9.78 Å². The summed E-state index contributed by atoms with van der Waals surface area (Å²) in [5.41, 5.74) is 3.72. The Hall–Kier alpha value is -2.89. The largest absolute Gasteiger partial charge is 0.350 e. The SMILES string of the molecule is CCCC(C(=O)NCc1ccncc1)n1c(Cc2ccc(Cl)cc2Cl)nc2ccccc21. The van der Waals surface area contributed by atoms with Crippen LogP contribution in [-0.4, -0.2) is 20.4 Å². The third-order valence-corrected chi connectivity index (χ3v) is 6.01. The summed E-state index contributed by atoms with van der Waals surface area (Å²) in [6.45, 7) is 2.53. The number of aromatic nitrogens is 3. The summed E-state index contributed by atoms with van der Waals surface area (Å²) in [4.78, 5) is 22.2. The van der Waals surface area contributed by atoms with Crippen LogP contribution in [0.1, 0.15) is 42.8 Å². The van der Waals surface area contributed by atoms with E-state index in [9.17, 15) is 4.79 Å². The fourth-order valence-corrected chi connectivity index (χ4v) is 4.34. The Morgan fingerprint density at radius 3 is 2.62 bits per heavy atom. The molecular weight excluding hydrogens is 443 g/mol. The predicted octanol–water partition coefficient (Wildman–Crippen LogP) is 5.99. The second-order valence-electron chi connectivity index (χ2n) is 7.68. The van der Waals surface area contributed by atoms with E-state index < -0.39 is 0 Å². The molecule has 1 unspecified atom stereocenters. The number of halogens is 2. The summed E-state index contributed by atoms with van der Waals surface area (Å²) in [5.74, 6) is 0.767. The van der Waals surface area contributed by atoms with Gasteiger partial charge in [0, 0.05) is 35.4 Å². The molecule has 0 radical (unpaired) electrons. The summed E-state index contributed by atoms with van der Waals surface area (Å²) in [7, 11) is 0. The molecule has 2 heterocycles. The monoisotopic (exact) mass is 466 g/mol. The number of carbonyl (C=O) groups excluding carboxylic acids is 1. The summed E-state index contributed by atoms with van der Waals surface area (Å²) in [5, 5.41) is 4.27. The van der Waals surface area contributed by atoms with Crippen LogP contribution in [0.4, 0.5) is 0 Å². The number of fused-ring (bicyclic) bond motifs is 1. The van der Waals surface area contributed by atoms with Crippen molar-refractivity contribution in [2.75, 3.05) is 0 Å². The van der Waals surface area contributed by atoms with Crippen LogP contribution in [0, 0.1) is 0 Å². The van der Waals surface area contributed by atoms with Gasteiger partial charge in [-0.2, -0.15) is 0 Å². The van der Waals surface area contributed by atoms with Crippen molar-refractivity contribution in [3.63, 3.8) is 0 Å². The van der Waals surface area contributed by atoms with Gasteiger partial charge < -0.3 is 9.88 Å². The minimum Gasteiger partial charge on any atom is -0.350 e. The van der Waals surface area contributed by atoms with Gasteiger partial charge in [0.05, 0.1) is 11.0 Å². The van der Waals surface area contributed by atoms with E-state index in [1.54, 1.807) is 18.5 Å². The van der Waals surface area contributed by atoms with Crippen LogP contribution < -0.4 is 5.32 Å². The first kappa shape index (κ1) is 22.3. The third-order valence-electron chi connectivity index (χ3n) is 5.43. The fourth-order valence-electron chi connectivity index (χ4n) is 3.86. The quantitative estimate of drug-likeness (QED) is 0.347. The number of hydrogen-bond donors (Lipinski definition) is 1. The average Bonchev–Trinajstić information content (AvgIpc) is 3.16. The molecule has 164 valence electrons. The number of para-hydroxylation sites is 2. The number of carbonyl (C=O) groups is 1. The summed E-state index contributed by atoms with van der Waals surface area (Å²) in [6, 6.07) is 16.8. The number of benzene rings is 2. The maximum atomic E-state index is 13.3. The molecule has 1 amide bonds. The number of nitrogens with zero attached hydrogens (tertiary/aromatic N) is 3. The topological polar surface area (TPSA) is 59.8 Å². The van der Waals surface area contributed by atoms with Crippen molar-refractivity contribution >= 4 is 40.1 Å². The van der Waals surface area contributed by atoms with E-state index in [0.717, 1.165) is 34.4 Å². The standard InChI is InChI=1S/C25H24Cl2N4O/c1-2-5-23(25(32)29-16-17-10-12-28-13-11-17)31-22-7-4-3-6-21(22)30-24(31)14-18-8-9-19(26)15-20(18)27/h3-4,6-13,15,23H,2,5,14,16H2,1H3,(H,29,32). The highest BCUT2D eigenvalue weighted by molar-refractivity contribution is 6.35. The van der Waals surface area contributed by atoms with Crippen LogP contribution in [0.2, 0.25) is 10.0 Å². The predicted molar refractivity (Wildman–Crippen MR) is 129 cm³/mol. The summed E-state index contributed by atoms with van der Waals surface area (Å²) >= 11 is 12.5. The molecule has 5 nitrogen and oxygen atoms in total. The van der Waals surface area contributed by atoms with Gasteiger partial charge in [0.1, 0.15) is 11.9 Å². The molecule has 0 bridgehead atoms. The van der Waals surface area contributed by atoms with Gasteiger partial charge >= 0.3 is 0 Å². The minimum absolute atomic E-state index is 0.0322. The molecule has 0 saturated carbocycles. The van der Waals surface area contributed by atoms with E-state index in [2.05, 4.69) is 21.8 Å². The Morgan fingerprint density at radius 1 is 1.09 bits per heavy atom. The molecule has 4 rings (SSSR count). The first-order chi connectivity index (χ1) is 15.6. The lowest BCUT2D eigenvalue weighted by atomic mass is 10.1. The second-order valence-corrected chi connectivity index (χ2v) is 8.52. The second kappa shape index (κ2) is 10.2. The van der Waals surface area contributed by atoms with Gasteiger partial charge in [0.2, 0.25) is 5.91 Å². The zero-order chi connectivity index (χ0) is 22.5. The van der Waals surface area contributed by atoms with Crippen molar-refractivity contribution in [3.05, 3.63) is 94.0 Å². The van der Waals surface area contributed by atoms with Crippen LogP contribution in [0.25, 0.3) is 11.0 Å². The lowest BCUT2D eigenvalue weighted by Gasteiger charge is -2.21. The van der Waals surface area contributed by atoms with Gasteiger partial charge in [-0.05, 0) is 53.9 Å². The fraction of sp³-hybridized carbons (Fsp3) is 0.240. The molecule has 4 aromatic rings. The van der Waals surface area contributed by atoms with Crippen molar-refractivity contribution in [3.8, 4) is 0 Å². The molecule has 0 fully saturated rings. The Labute approximate surface area is 197 Å². The molecule has 0 aliphatic heterocycles. The van der Waals surface area contributed by atoms with E-state index in [4.69, 9.17) is 28.2 Å². The molecule has 7 heteroatoms. The summed E-state index contributed by atoms with van der Waals surface area (Å²) in [6.07, 6.45) is 5.51. The van der Waals surface area contributed by atoms with Crippen molar-refractivity contribution < 1.29 is 4.79 Å². The van der Waals surface area contributed by atoms with Crippen LogP contribution in [0.3, 0.4) is 0 Å². The Kier molecular flexibility index (Phi) is 7.08. The Balaban J connectivity index is 1.70. The Bertz CT molecular complexity index is 1220. The van der Waals surface area contributed by atoms with Gasteiger partial charge in [-0.1, -0.05) is 54.7 Å². The zero-order valence-electron chi connectivity index (χ0n) is 17.8. The van der Waals surface area contributed by atoms with E-state index in [1.807, 2.05) is 48.5 Å². The normalized spacial score (nSPS) is 12.1. The molecule has 0 saturated heterocycles. The first-order valence-electron chi connectivity index (χ1n) is 10.6. The van der Waals surface area contributed by atoms with Crippen LogP contribution in [-0.2, 0) is 17.8 Å². The minimum atomic E-state index is -0.379. The molecule has 2 aromatic heterocycles. The molecular formula is C25H24Cl2N4O.